The van der Waals surface area contributed by atoms with Gasteiger partial charge in [0.1, 0.15) is 6.04 Å². The Bertz CT molecular complexity index is 1170. The van der Waals surface area contributed by atoms with Crippen molar-refractivity contribution in [3.05, 3.63) is 65.9 Å². The van der Waals surface area contributed by atoms with Crippen LogP contribution in [0.15, 0.2) is 59.5 Å². The number of aromatic nitrogens is 1. The van der Waals surface area contributed by atoms with E-state index >= 15 is 0 Å². The number of fused-ring (bicyclic) bond motifs is 3. The minimum atomic E-state index is -3.68. The summed E-state index contributed by atoms with van der Waals surface area (Å²) in [5.74, 6) is -0.0852. The van der Waals surface area contributed by atoms with Crippen LogP contribution in [-0.2, 0) is 27.8 Å². The van der Waals surface area contributed by atoms with Crippen molar-refractivity contribution in [2.24, 2.45) is 0 Å². The van der Waals surface area contributed by atoms with E-state index in [-0.39, 0.29) is 10.8 Å². The number of nitrogens with zero attached hydrogens (tertiary/aromatic N) is 2. The fraction of sp³-hybridized carbons (Fsp3) is 0.318. The number of para-hydroxylation sites is 1. The number of hydrogen-bond acceptors (Lipinski definition) is 3. The minimum Gasteiger partial charge on any atom is -0.358 e. The summed E-state index contributed by atoms with van der Waals surface area (Å²) in [5, 5.41) is 1.14. The Labute approximate surface area is 170 Å². The fourth-order valence-electron chi connectivity index (χ4n) is 4.57. The van der Waals surface area contributed by atoms with Crippen LogP contribution >= 0.6 is 0 Å². The van der Waals surface area contributed by atoms with Crippen molar-refractivity contribution in [3.8, 4) is 0 Å². The molecule has 2 aromatic carbocycles. The van der Waals surface area contributed by atoms with Gasteiger partial charge in [-0.05, 0) is 31.0 Å². The van der Waals surface area contributed by atoms with Crippen LogP contribution in [0, 0.1) is 0 Å². The zero-order valence-corrected chi connectivity index (χ0v) is 16.9. The number of carbonyl (C=O) groups excluding carboxylic acids is 1. The molecule has 150 valence electrons. The lowest BCUT2D eigenvalue weighted by Gasteiger charge is -2.32. The predicted octanol–water partition coefficient (Wildman–Crippen LogP) is 2.91. The number of nitrogens with one attached hydrogen (secondary N) is 1. The third kappa shape index (κ3) is 3.05. The molecular formula is C22H23N3O3S. The van der Waals surface area contributed by atoms with E-state index in [4.69, 9.17) is 0 Å². The van der Waals surface area contributed by atoms with Crippen molar-refractivity contribution in [3.63, 3.8) is 0 Å². The zero-order valence-electron chi connectivity index (χ0n) is 16.0. The van der Waals surface area contributed by atoms with Crippen LogP contribution in [0.1, 0.15) is 24.1 Å². The van der Waals surface area contributed by atoms with Crippen LogP contribution in [0.2, 0.25) is 0 Å². The van der Waals surface area contributed by atoms with Gasteiger partial charge in [-0.1, -0.05) is 36.4 Å². The second kappa shape index (κ2) is 7.00. The van der Waals surface area contributed by atoms with Crippen molar-refractivity contribution in [1.29, 1.82) is 0 Å². The molecule has 5 rings (SSSR count). The van der Waals surface area contributed by atoms with Crippen LogP contribution in [0.3, 0.4) is 0 Å². The minimum absolute atomic E-state index is 0.0852. The summed E-state index contributed by atoms with van der Waals surface area (Å²) in [5.41, 5.74) is 3.41. The number of hydrogen-bond donors (Lipinski definition) is 1. The standard InChI is InChI=1S/C22H23N3O3S/c26-22(21-11-6-13-25(21)29(27,28)16-7-2-1-3-8-16)24-14-12-20-18(15-24)17-9-4-5-10-19(17)23-20/h1-5,7-10,21,23H,6,11-15H2/t21-/m0/s1. The summed E-state index contributed by atoms with van der Waals surface area (Å²) in [6.07, 6.45) is 2.03. The molecule has 1 fully saturated rings. The van der Waals surface area contributed by atoms with E-state index in [1.54, 1.807) is 30.3 Å². The molecule has 1 N–H and O–H groups in total. The molecule has 6 nitrogen and oxygen atoms in total. The second-order valence-electron chi connectivity index (χ2n) is 7.72. The number of carbonyl (C=O) groups is 1. The smallest absolute Gasteiger partial charge is 0.243 e. The lowest BCUT2D eigenvalue weighted by atomic mass is 10.0. The van der Waals surface area contributed by atoms with E-state index < -0.39 is 16.1 Å². The Morgan fingerprint density at radius 2 is 1.76 bits per heavy atom. The molecule has 3 heterocycles. The van der Waals surface area contributed by atoms with Gasteiger partial charge in [0.25, 0.3) is 0 Å². The van der Waals surface area contributed by atoms with Crippen molar-refractivity contribution in [1.82, 2.24) is 14.2 Å². The molecule has 1 amide bonds. The van der Waals surface area contributed by atoms with E-state index in [1.165, 1.54) is 10.00 Å². The Morgan fingerprint density at radius 1 is 1.00 bits per heavy atom. The molecule has 7 heteroatoms. The molecule has 0 bridgehead atoms. The Kier molecular flexibility index (Phi) is 4.44. The van der Waals surface area contributed by atoms with Gasteiger partial charge in [0.15, 0.2) is 0 Å². The molecule has 0 unspecified atom stereocenters. The van der Waals surface area contributed by atoms with E-state index in [0.29, 0.717) is 32.5 Å². The molecular weight excluding hydrogens is 386 g/mol. The first kappa shape index (κ1) is 18.4. The van der Waals surface area contributed by atoms with Gasteiger partial charge in [0.05, 0.1) is 4.90 Å². The van der Waals surface area contributed by atoms with Gasteiger partial charge in [-0.15, -0.1) is 0 Å². The average molecular weight is 410 g/mol. The number of rotatable bonds is 3. The fourth-order valence-corrected chi connectivity index (χ4v) is 6.24. The largest absolute Gasteiger partial charge is 0.358 e. The Hall–Kier alpha value is -2.64. The summed E-state index contributed by atoms with van der Waals surface area (Å²) in [7, 11) is -3.68. The first-order chi connectivity index (χ1) is 14.1. The van der Waals surface area contributed by atoms with Gasteiger partial charge in [-0.3, -0.25) is 4.79 Å². The molecule has 0 aliphatic carbocycles. The van der Waals surface area contributed by atoms with E-state index in [0.717, 1.165) is 22.9 Å². The molecule has 0 radical (unpaired) electrons. The number of aromatic amines is 1. The lowest BCUT2D eigenvalue weighted by Crippen LogP contribution is -2.48. The quantitative estimate of drug-likeness (QED) is 0.723. The third-order valence-corrected chi connectivity index (χ3v) is 7.96. The lowest BCUT2D eigenvalue weighted by molar-refractivity contribution is -0.135. The predicted molar refractivity (Wildman–Crippen MR) is 111 cm³/mol. The van der Waals surface area contributed by atoms with Crippen molar-refractivity contribution >= 4 is 26.8 Å². The summed E-state index contributed by atoms with van der Waals surface area (Å²) < 4.78 is 27.6. The highest BCUT2D eigenvalue weighted by atomic mass is 32.2. The molecule has 0 spiro atoms. The maximum atomic E-state index is 13.4. The average Bonchev–Trinajstić information content (AvgIpc) is 3.39. The topological polar surface area (TPSA) is 73.5 Å². The van der Waals surface area contributed by atoms with Crippen LogP contribution < -0.4 is 0 Å². The first-order valence-corrected chi connectivity index (χ1v) is 11.4. The molecule has 1 aromatic heterocycles. The SMILES string of the molecule is O=C([C@@H]1CCCN1S(=O)(=O)c1ccccc1)N1CCc2[nH]c3ccccc3c2C1. The van der Waals surface area contributed by atoms with Gasteiger partial charge in [-0.25, -0.2) is 8.42 Å². The van der Waals surface area contributed by atoms with Crippen LogP contribution in [0.4, 0.5) is 0 Å². The van der Waals surface area contributed by atoms with Crippen LogP contribution in [0.5, 0.6) is 0 Å². The zero-order chi connectivity index (χ0) is 20.0. The molecule has 29 heavy (non-hydrogen) atoms. The number of amides is 1. The van der Waals surface area contributed by atoms with Crippen molar-refractivity contribution < 1.29 is 13.2 Å². The van der Waals surface area contributed by atoms with E-state index in [9.17, 15) is 13.2 Å². The molecule has 2 aliphatic rings. The number of benzene rings is 2. The normalized spacial score (nSPS) is 20.1. The summed E-state index contributed by atoms with van der Waals surface area (Å²) in [4.78, 5) is 18.9. The summed E-state index contributed by atoms with van der Waals surface area (Å²) in [6, 6.07) is 15.9. The van der Waals surface area contributed by atoms with E-state index in [1.807, 2.05) is 23.1 Å². The van der Waals surface area contributed by atoms with Crippen LogP contribution in [0.25, 0.3) is 10.9 Å². The highest BCUT2D eigenvalue weighted by Gasteiger charge is 2.41. The Morgan fingerprint density at radius 3 is 2.59 bits per heavy atom. The van der Waals surface area contributed by atoms with Gasteiger partial charge >= 0.3 is 0 Å². The monoisotopic (exact) mass is 409 g/mol. The van der Waals surface area contributed by atoms with Gasteiger partial charge in [-0.2, -0.15) is 4.31 Å². The summed E-state index contributed by atoms with van der Waals surface area (Å²) in [6.45, 7) is 1.52. The maximum absolute atomic E-state index is 13.4. The van der Waals surface area contributed by atoms with Crippen LogP contribution in [-0.4, -0.2) is 47.6 Å². The Balaban J connectivity index is 1.42. The molecule has 1 atom stereocenters. The molecule has 3 aromatic rings. The third-order valence-electron chi connectivity index (χ3n) is 6.03. The number of H-pyrrole nitrogens is 1. The molecule has 1 saturated heterocycles. The van der Waals surface area contributed by atoms with Crippen molar-refractivity contribution in [2.45, 2.75) is 36.7 Å². The van der Waals surface area contributed by atoms with Gasteiger partial charge < -0.3 is 9.88 Å². The second-order valence-corrected chi connectivity index (χ2v) is 9.61. The maximum Gasteiger partial charge on any atom is 0.243 e. The highest BCUT2D eigenvalue weighted by molar-refractivity contribution is 7.89. The molecule has 2 aliphatic heterocycles. The molecule has 0 saturated carbocycles. The number of sulfonamides is 1. The van der Waals surface area contributed by atoms with Crippen molar-refractivity contribution in [2.75, 3.05) is 13.1 Å². The first-order valence-electron chi connectivity index (χ1n) is 10.00. The highest BCUT2D eigenvalue weighted by Crippen LogP contribution is 2.31. The van der Waals surface area contributed by atoms with Gasteiger partial charge in [0.2, 0.25) is 15.9 Å². The van der Waals surface area contributed by atoms with Gasteiger partial charge in [0, 0.05) is 48.2 Å². The summed E-state index contributed by atoms with van der Waals surface area (Å²) >= 11 is 0. The van der Waals surface area contributed by atoms with E-state index in [2.05, 4.69) is 11.1 Å².